The molecule has 4 heteroatoms. The largest absolute Gasteiger partial charge is 0.366 e. The van der Waals surface area contributed by atoms with Crippen molar-refractivity contribution in [1.29, 1.82) is 0 Å². The van der Waals surface area contributed by atoms with Crippen LogP contribution in [0.15, 0.2) is 47.3 Å². The van der Waals surface area contributed by atoms with Gasteiger partial charge in [0.25, 0.3) is 5.56 Å². The van der Waals surface area contributed by atoms with E-state index >= 15 is 0 Å². The number of aromatic nitrogens is 1. The Labute approximate surface area is 102 Å². The summed E-state index contributed by atoms with van der Waals surface area (Å²) in [5, 5.41) is 1.99. The number of para-hydroxylation sites is 1. The van der Waals surface area contributed by atoms with Crippen molar-refractivity contribution in [3.8, 4) is 0 Å². The third kappa shape index (κ3) is 1.39. The molecule has 0 atom stereocenters. The van der Waals surface area contributed by atoms with Crippen molar-refractivity contribution >= 4 is 27.6 Å². The maximum Gasteiger partial charge on any atom is 0.257 e. The molecule has 0 saturated heterocycles. The minimum absolute atomic E-state index is 0.250. The second-order valence-corrected chi connectivity index (χ2v) is 4.09. The minimum Gasteiger partial charge on any atom is -0.366 e. The topological polar surface area (TPSA) is 76.0 Å². The third-order valence-electron chi connectivity index (χ3n) is 3.02. The van der Waals surface area contributed by atoms with Crippen LogP contribution < -0.4 is 11.3 Å². The van der Waals surface area contributed by atoms with Crippen LogP contribution in [0.1, 0.15) is 10.4 Å². The first-order valence-electron chi connectivity index (χ1n) is 5.52. The Bertz CT molecular complexity index is 834. The zero-order valence-electron chi connectivity index (χ0n) is 9.44. The van der Waals surface area contributed by atoms with E-state index in [4.69, 9.17) is 5.73 Å². The van der Waals surface area contributed by atoms with Crippen LogP contribution in [0, 0.1) is 0 Å². The first-order valence-corrected chi connectivity index (χ1v) is 5.52. The lowest BCUT2D eigenvalue weighted by atomic mass is 10.0. The molecule has 0 aliphatic heterocycles. The number of hydrogen-bond acceptors (Lipinski definition) is 2. The number of aromatic amines is 1. The molecule has 0 spiro atoms. The lowest BCUT2D eigenvalue weighted by molar-refractivity contribution is 0.100. The highest BCUT2D eigenvalue weighted by molar-refractivity contribution is 6.13. The average molecular weight is 238 g/mol. The summed E-state index contributed by atoms with van der Waals surface area (Å²) in [6, 6.07) is 12.6. The lowest BCUT2D eigenvalue weighted by Gasteiger charge is -2.05. The summed E-state index contributed by atoms with van der Waals surface area (Å²) < 4.78 is 0. The van der Waals surface area contributed by atoms with Crippen molar-refractivity contribution in [2.45, 2.75) is 0 Å². The number of carbonyl (C=O) groups is 1. The van der Waals surface area contributed by atoms with Gasteiger partial charge in [-0.15, -0.1) is 0 Å². The Balaban J connectivity index is 2.64. The van der Waals surface area contributed by atoms with Gasteiger partial charge < -0.3 is 10.7 Å². The van der Waals surface area contributed by atoms with Gasteiger partial charge in [-0.3, -0.25) is 9.59 Å². The normalized spacial score (nSPS) is 10.9. The summed E-state index contributed by atoms with van der Waals surface area (Å²) in [5.41, 5.74) is 6.00. The van der Waals surface area contributed by atoms with E-state index < -0.39 is 5.91 Å². The monoisotopic (exact) mass is 238 g/mol. The van der Waals surface area contributed by atoms with Gasteiger partial charge in [0.1, 0.15) is 0 Å². The molecule has 88 valence electrons. The van der Waals surface area contributed by atoms with Crippen LogP contribution in [0.25, 0.3) is 21.7 Å². The van der Waals surface area contributed by atoms with Gasteiger partial charge in [0.2, 0.25) is 5.91 Å². The van der Waals surface area contributed by atoms with Crippen LogP contribution in [0.5, 0.6) is 0 Å². The number of benzene rings is 2. The SMILES string of the molecule is NC(=O)c1cccc2c1c(=O)[nH]c1ccccc12. The van der Waals surface area contributed by atoms with Gasteiger partial charge in [0.05, 0.1) is 10.9 Å². The molecule has 0 radical (unpaired) electrons. The molecule has 3 N–H and O–H groups in total. The number of nitrogens with two attached hydrogens (primary N) is 1. The first kappa shape index (κ1) is 10.5. The van der Waals surface area contributed by atoms with Gasteiger partial charge in [0, 0.05) is 10.9 Å². The Morgan fingerprint density at radius 3 is 2.50 bits per heavy atom. The Kier molecular flexibility index (Phi) is 2.16. The van der Waals surface area contributed by atoms with Crippen LogP contribution in [0.4, 0.5) is 0 Å². The standard InChI is InChI=1S/C14H10N2O2/c15-13(17)10-6-3-5-9-8-4-1-2-7-11(8)16-14(18)12(9)10/h1-7H,(H2,15,17)(H,16,18). The molecule has 1 amide bonds. The maximum atomic E-state index is 12.1. The number of pyridine rings is 1. The Morgan fingerprint density at radius 1 is 1.00 bits per heavy atom. The van der Waals surface area contributed by atoms with Crippen LogP contribution >= 0.6 is 0 Å². The zero-order chi connectivity index (χ0) is 12.7. The number of H-pyrrole nitrogens is 1. The minimum atomic E-state index is -0.596. The van der Waals surface area contributed by atoms with Crippen LogP contribution in [0.2, 0.25) is 0 Å². The van der Waals surface area contributed by atoms with Crippen LogP contribution in [-0.4, -0.2) is 10.9 Å². The predicted molar refractivity (Wildman–Crippen MR) is 70.6 cm³/mol. The second-order valence-electron chi connectivity index (χ2n) is 4.09. The molecule has 0 aliphatic carbocycles. The van der Waals surface area contributed by atoms with E-state index in [0.717, 1.165) is 16.3 Å². The number of fused-ring (bicyclic) bond motifs is 3. The molecule has 0 aliphatic rings. The first-order chi connectivity index (χ1) is 8.68. The quantitative estimate of drug-likeness (QED) is 0.634. The highest BCUT2D eigenvalue weighted by Crippen LogP contribution is 2.22. The van der Waals surface area contributed by atoms with Crippen molar-refractivity contribution in [3.05, 3.63) is 58.4 Å². The Morgan fingerprint density at radius 2 is 1.72 bits per heavy atom. The summed E-state index contributed by atoms with van der Waals surface area (Å²) in [5.74, 6) is -0.596. The molecule has 0 bridgehead atoms. The van der Waals surface area contributed by atoms with E-state index in [1.165, 1.54) is 0 Å². The molecular weight excluding hydrogens is 228 g/mol. The summed E-state index contributed by atoms with van der Waals surface area (Å²) >= 11 is 0. The second kappa shape index (κ2) is 3.70. The van der Waals surface area contributed by atoms with Gasteiger partial charge in [-0.1, -0.05) is 30.3 Å². The van der Waals surface area contributed by atoms with Crippen molar-refractivity contribution < 1.29 is 4.79 Å². The number of nitrogens with one attached hydrogen (secondary N) is 1. The molecule has 3 rings (SSSR count). The summed E-state index contributed by atoms with van der Waals surface area (Å²) in [4.78, 5) is 26.2. The fourth-order valence-corrected chi connectivity index (χ4v) is 2.24. The molecule has 0 fully saturated rings. The van der Waals surface area contributed by atoms with Crippen molar-refractivity contribution in [3.63, 3.8) is 0 Å². The number of primary amides is 1. The van der Waals surface area contributed by atoms with Crippen molar-refractivity contribution in [2.24, 2.45) is 5.73 Å². The van der Waals surface area contributed by atoms with Crippen LogP contribution in [-0.2, 0) is 0 Å². The van der Waals surface area contributed by atoms with E-state index in [1.807, 2.05) is 30.3 Å². The number of amides is 1. The van der Waals surface area contributed by atoms with Gasteiger partial charge in [0.15, 0.2) is 0 Å². The fraction of sp³-hybridized carbons (Fsp3) is 0. The lowest BCUT2D eigenvalue weighted by Crippen LogP contribution is -2.16. The molecule has 0 unspecified atom stereocenters. The average Bonchev–Trinajstić information content (AvgIpc) is 2.38. The number of rotatable bonds is 1. The predicted octanol–water partition coefficient (Wildman–Crippen LogP) is 1.78. The molecule has 3 aromatic rings. The van der Waals surface area contributed by atoms with Gasteiger partial charge in [-0.2, -0.15) is 0 Å². The molecule has 18 heavy (non-hydrogen) atoms. The highest BCUT2D eigenvalue weighted by Gasteiger charge is 2.11. The van der Waals surface area contributed by atoms with E-state index in [-0.39, 0.29) is 11.1 Å². The highest BCUT2D eigenvalue weighted by atomic mass is 16.1. The van der Waals surface area contributed by atoms with Gasteiger partial charge >= 0.3 is 0 Å². The van der Waals surface area contributed by atoms with Gasteiger partial charge in [-0.25, -0.2) is 0 Å². The van der Waals surface area contributed by atoms with Gasteiger partial charge in [-0.05, 0) is 17.5 Å². The molecule has 0 saturated carbocycles. The number of hydrogen-bond donors (Lipinski definition) is 2. The zero-order valence-corrected chi connectivity index (χ0v) is 9.44. The maximum absolute atomic E-state index is 12.1. The summed E-state index contributed by atoms with van der Waals surface area (Å²) in [7, 11) is 0. The van der Waals surface area contributed by atoms with E-state index in [1.54, 1.807) is 12.1 Å². The molecular formula is C14H10N2O2. The van der Waals surface area contributed by atoms with Crippen molar-refractivity contribution in [2.75, 3.05) is 0 Å². The number of carbonyl (C=O) groups excluding carboxylic acids is 1. The molecule has 4 nitrogen and oxygen atoms in total. The summed E-state index contributed by atoms with van der Waals surface area (Å²) in [6.07, 6.45) is 0. The summed E-state index contributed by atoms with van der Waals surface area (Å²) in [6.45, 7) is 0. The molecule has 1 aromatic heterocycles. The smallest absolute Gasteiger partial charge is 0.257 e. The van der Waals surface area contributed by atoms with E-state index in [0.29, 0.717) is 5.39 Å². The fourth-order valence-electron chi connectivity index (χ4n) is 2.24. The Hall–Kier alpha value is -2.62. The molecule has 2 aromatic carbocycles. The van der Waals surface area contributed by atoms with Crippen LogP contribution in [0.3, 0.4) is 0 Å². The molecule has 1 heterocycles. The third-order valence-corrected chi connectivity index (χ3v) is 3.02. The van der Waals surface area contributed by atoms with E-state index in [9.17, 15) is 9.59 Å². The van der Waals surface area contributed by atoms with Crippen molar-refractivity contribution in [1.82, 2.24) is 4.98 Å². The van der Waals surface area contributed by atoms with E-state index in [2.05, 4.69) is 4.98 Å².